The van der Waals surface area contributed by atoms with Crippen molar-refractivity contribution in [3.8, 4) is 33.6 Å². The topological polar surface area (TPSA) is 35.0 Å². The zero-order chi connectivity index (χ0) is 39.3. The van der Waals surface area contributed by atoms with Crippen LogP contribution in [0.15, 0.2) is 207 Å². The Bertz CT molecular complexity index is 3530. The van der Waals surface area contributed by atoms with E-state index in [1.165, 1.54) is 38.1 Å². The standard InChI is InChI=1S/C55H35N4O/c1-2-14-35(15-3-1)57-30-31-60-53-34-46-44(33-52(53)57)42-21-12-26-51(54(42)41-20-5-4-16-37(41)43-22-13-29-56-55(43)46)59-49-25-11-8-19-40(49)45-32-36(27-28-50(45)59)58-47-23-9-6-17-38(47)39-18-7-10-24-48(39)58/h1-34,53H/q+1. The molecule has 1 aliphatic heterocycles. The van der Waals surface area contributed by atoms with Crippen molar-refractivity contribution in [1.82, 2.24) is 14.1 Å². The van der Waals surface area contributed by atoms with Crippen molar-refractivity contribution in [3.05, 3.63) is 218 Å². The van der Waals surface area contributed by atoms with E-state index in [1.807, 2.05) is 18.5 Å². The first-order valence-corrected chi connectivity index (χ1v) is 20.5. The molecule has 60 heavy (non-hydrogen) atoms. The second-order valence-corrected chi connectivity index (χ2v) is 15.7. The van der Waals surface area contributed by atoms with E-state index in [0.29, 0.717) is 0 Å². The number of benzene rings is 7. The second kappa shape index (κ2) is 12.7. The molecule has 0 fully saturated rings. The van der Waals surface area contributed by atoms with E-state index >= 15 is 0 Å². The lowest BCUT2D eigenvalue weighted by atomic mass is 9.78. The maximum Gasteiger partial charge on any atom is 0.233 e. The molecule has 4 heterocycles. The van der Waals surface area contributed by atoms with Crippen LogP contribution in [-0.4, -0.2) is 30.5 Å². The highest BCUT2D eigenvalue weighted by Crippen LogP contribution is 2.50. The summed E-state index contributed by atoms with van der Waals surface area (Å²) in [5, 5.41) is 4.93. The smallest absolute Gasteiger partial charge is 0.233 e. The molecule has 0 saturated heterocycles. The van der Waals surface area contributed by atoms with Crippen LogP contribution in [0.2, 0.25) is 0 Å². The van der Waals surface area contributed by atoms with Crippen LogP contribution in [0.25, 0.3) is 88.4 Å². The third kappa shape index (κ3) is 4.68. The van der Waals surface area contributed by atoms with Crippen LogP contribution in [0.3, 0.4) is 0 Å². The average Bonchev–Trinajstić information content (AvgIpc) is 3.83. The number of rotatable bonds is 3. The Labute approximate surface area is 346 Å². The fourth-order valence-electron chi connectivity index (χ4n) is 10.0. The van der Waals surface area contributed by atoms with E-state index < -0.39 is 0 Å². The van der Waals surface area contributed by atoms with Gasteiger partial charge in [0, 0.05) is 68.3 Å². The molecule has 0 amide bonds. The van der Waals surface area contributed by atoms with Gasteiger partial charge < -0.3 is 13.9 Å². The molecule has 0 spiro atoms. The van der Waals surface area contributed by atoms with E-state index in [1.54, 1.807) is 6.26 Å². The first kappa shape index (κ1) is 33.0. The Balaban J connectivity index is 1.11. The van der Waals surface area contributed by atoms with E-state index in [0.717, 1.165) is 72.9 Å². The molecule has 7 aromatic carbocycles. The largest absolute Gasteiger partial charge is 0.477 e. The zero-order valence-corrected chi connectivity index (χ0v) is 32.4. The third-order valence-corrected chi connectivity index (χ3v) is 12.6. The van der Waals surface area contributed by atoms with Crippen molar-refractivity contribution in [1.29, 1.82) is 0 Å². The summed E-state index contributed by atoms with van der Waals surface area (Å²) in [4.78, 5) is 5.10. The summed E-state index contributed by atoms with van der Waals surface area (Å²) < 4.78 is 13.5. The predicted octanol–water partition coefficient (Wildman–Crippen LogP) is 13.1. The highest BCUT2D eigenvalue weighted by molar-refractivity contribution is 6.22. The van der Waals surface area contributed by atoms with Gasteiger partial charge in [-0.25, -0.2) is 0 Å². The van der Waals surface area contributed by atoms with Crippen LogP contribution < -0.4 is 0 Å². The van der Waals surface area contributed by atoms with Crippen LogP contribution in [0.1, 0.15) is 11.3 Å². The lowest BCUT2D eigenvalue weighted by molar-refractivity contribution is -0.370. The van der Waals surface area contributed by atoms with Crippen LogP contribution in [0.5, 0.6) is 0 Å². The van der Waals surface area contributed by atoms with E-state index in [-0.39, 0.29) is 6.10 Å². The van der Waals surface area contributed by atoms with Gasteiger partial charge >= 0.3 is 0 Å². The van der Waals surface area contributed by atoms with Crippen molar-refractivity contribution in [3.63, 3.8) is 0 Å². The van der Waals surface area contributed by atoms with E-state index in [4.69, 9.17) is 9.72 Å². The summed E-state index contributed by atoms with van der Waals surface area (Å²) in [5.41, 5.74) is 18.0. The van der Waals surface area contributed by atoms with Crippen LogP contribution >= 0.6 is 0 Å². The minimum atomic E-state index is -0.286. The number of hydrogen-bond acceptors (Lipinski definition) is 2. The molecule has 10 aromatic rings. The summed E-state index contributed by atoms with van der Waals surface area (Å²) in [6.07, 6.45) is 10.0. The number of aromatic nitrogens is 3. The Morgan fingerprint density at radius 2 is 1.13 bits per heavy atom. The molecule has 0 saturated carbocycles. The quantitative estimate of drug-likeness (QED) is 0.168. The average molecular weight is 768 g/mol. The molecular formula is C55H35N4O+. The second-order valence-electron chi connectivity index (χ2n) is 15.7. The van der Waals surface area contributed by atoms with E-state index in [2.05, 4.69) is 196 Å². The van der Waals surface area contributed by atoms with Crippen molar-refractivity contribution in [2.45, 2.75) is 6.10 Å². The molecule has 1 atom stereocenters. The van der Waals surface area contributed by atoms with Gasteiger partial charge in [-0.05, 0) is 76.9 Å². The molecule has 0 N–H and O–H groups in total. The zero-order valence-electron chi connectivity index (χ0n) is 32.4. The molecule has 5 heteroatoms. The molecule has 13 rings (SSSR count). The molecule has 3 aromatic heterocycles. The minimum absolute atomic E-state index is 0.286. The summed E-state index contributed by atoms with van der Waals surface area (Å²) in [5.74, 6) is 0. The molecule has 5 nitrogen and oxygen atoms in total. The number of para-hydroxylation sites is 4. The first-order valence-electron chi connectivity index (χ1n) is 20.5. The number of pyridine rings is 1. The predicted molar refractivity (Wildman–Crippen MR) is 245 cm³/mol. The summed E-state index contributed by atoms with van der Waals surface area (Å²) in [6.45, 7) is 0. The summed E-state index contributed by atoms with van der Waals surface area (Å²) in [6, 6.07) is 63.6. The van der Waals surface area contributed by atoms with Crippen molar-refractivity contribution in [2.75, 3.05) is 0 Å². The number of allylic oxidation sites excluding steroid dienone is 2. The molecule has 0 bridgehead atoms. The first-order chi connectivity index (χ1) is 29.8. The van der Waals surface area contributed by atoms with Gasteiger partial charge in [-0.2, -0.15) is 4.58 Å². The number of ether oxygens (including phenoxy) is 1. The number of fused-ring (bicyclic) bond motifs is 15. The minimum Gasteiger partial charge on any atom is -0.477 e. The highest BCUT2D eigenvalue weighted by Gasteiger charge is 2.36. The Morgan fingerprint density at radius 3 is 1.92 bits per heavy atom. The Kier molecular flexibility index (Phi) is 7.01. The maximum absolute atomic E-state index is 6.38. The normalized spacial score (nSPS) is 15.4. The number of nitrogens with zero attached hydrogens (tertiary/aromatic N) is 4. The van der Waals surface area contributed by atoms with Gasteiger partial charge in [0.2, 0.25) is 23.7 Å². The lowest BCUT2D eigenvalue weighted by Crippen LogP contribution is -2.31. The van der Waals surface area contributed by atoms with Crippen LogP contribution in [0, 0.1) is 0 Å². The molecule has 3 aliphatic rings. The van der Waals surface area contributed by atoms with Crippen molar-refractivity contribution >= 4 is 66.2 Å². The van der Waals surface area contributed by atoms with Crippen LogP contribution in [-0.2, 0) is 4.74 Å². The number of hydrogen-bond donors (Lipinski definition) is 0. The monoisotopic (exact) mass is 767 g/mol. The molecular weight excluding hydrogens is 733 g/mol. The van der Waals surface area contributed by atoms with Gasteiger partial charge in [0.05, 0.1) is 33.4 Å². The van der Waals surface area contributed by atoms with Gasteiger partial charge in [0.25, 0.3) is 0 Å². The van der Waals surface area contributed by atoms with Crippen LogP contribution in [0.4, 0.5) is 5.69 Å². The van der Waals surface area contributed by atoms with Gasteiger partial charge in [-0.1, -0.05) is 115 Å². The lowest BCUT2D eigenvalue weighted by Gasteiger charge is -2.29. The highest BCUT2D eigenvalue weighted by atomic mass is 16.5. The Hall–Kier alpha value is -8.02. The molecule has 2 aliphatic carbocycles. The maximum atomic E-state index is 6.38. The fraction of sp³-hybridized carbons (Fsp3) is 0.0182. The van der Waals surface area contributed by atoms with Crippen molar-refractivity contribution in [2.24, 2.45) is 0 Å². The Morgan fingerprint density at radius 1 is 0.500 bits per heavy atom. The van der Waals surface area contributed by atoms with Gasteiger partial charge in [-0.3, -0.25) is 4.98 Å². The van der Waals surface area contributed by atoms with Gasteiger partial charge in [-0.15, -0.1) is 0 Å². The fourth-order valence-corrected chi connectivity index (χ4v) is 10.0. The SMILES string of the molecule is C1=C[N+](c2ccccc2)=C2C=C3C(=CC2O1)c1ncccc1-c1ccccc1-c1c3cccc1-n1c2ccccc2c2cc(-n3c4ccccc4c4ccccc43)ccc21. The molecule has 280 valence electrons. The van der Waals surface area contributed by atoms with E-state index in [9.17, 15) is 0 Å². The van der Waals surface area contributed by atoms with Crippen molar-refractivity contribution < 1.29 is 9.31 Å². The van der Waals surface area contributed by atoms with Gasteiger partial charge in [0.15, 0.2) is 0 Å². The third-order valence-electron chi connectivity index (χ3n) is 12.6. The molecule has 0 radical (unpaired) electrons. The summed E-state index contributed by atoms with van der Waals surface area (Å²) in [7, 11) is 0. The molecule has 1 unspecified atom stereocenters. The summed E-state index contributed by atoms with van der Waals surface area (Å²) >= 11 is 0. The van der Waals surface area contributed by atoms with Gasteiger partial charge in [0.1, 0.15) is 6.26 Å².